The number of aliphatic hydroxyl groups excluding tert-OH is 1. The van der Waals surface area contributed by atoms with E-state index in [1.165, 1.54) is 20.1 Å². The second kappa shape index (κ2) is 8.47. The first-order valence-electron chi connectivity index (χ1n) is 7.55. The summed E-state index contributed by atoms with van der Waals surface area (Å²) >= 11 is 0. The third-order valence-electron chi connectivity index (χ3n) is 3.57. The van der Waals surface area contributed by atoms with Crippen molar-refractivity contribution in [1.29, 1.82) is 0 Å². The van der Waals surface area contributed by atoms with Gasteiger partial charge in [-0.3, -0.25) is 4.79 Å². The Labute approximate surface area is 140 Å². The summed E-state index contributed by atoms with van der Waals surface area (Å²) < 4.78 is 15.9. The monoisotopic (exact) mass is 335 g/mol. The van der Waals surface area contributed by atoms with Crippen molar-refractivity contribution in [2.24, 2.45) is 0 Å². The minimum Gasteiger partial charge on any atom is -0.479 e. The number of carbonyl (C=O) groups excluding carboxylic acids is 2. The zero-order valence-electron chi connectivity index (χ0n) is 13.6. The third kappa shape index (κ3) is 4.56. The minimum absolute atomic E-state index is 0.0452. The van der Waals surface area contributed by atoms with Crippen LogP contribution in [0.1, 0.15) is 12.5 Å². The van der Waals surface area contributed by atoms with Gasteiger partial charge in [0.15, 0.2) is 0 Å². The van der Waals surface area contributed by atoms with Gasteiger partial charge in [0, 0.05) is 6.92 Å². The molecule has 0 unspecified atom stereocenters. The Kier molecular flexibility index (Phi) is 6.34. The van der Waals surface area contributed by atoms with Gasteiger partial charge in [0.05, 0.1) is 26.4 Å². The number of aliphatic hydroxyl groups is 1. The third-order valence-corrected chi connectivity index (χ3v) is 3.57. The van der Waals surface area contributed by atoms with Crippen LogP contribution in [0.4, 0.5) is 0 Å². The zero-order valence-corrected chi connectivity index (χ0v) is 13.6. The van der Waals surface area contributed by atoms with E-state index in [-0.39, 0.29) is 24.9 Å². The van der Waals surface area contributed by atoms with E-state index in [1.54, 1.807) is 0 Å². The maximum Gasteiger partial charge on any atom is 0.373 e. The van der Waals surface area contributed by atoms with Crippen LogP contribution < -0.4 is 5.32 Å². The molecule has 0 bridgehead atoms. The molecule has 1 aliphatic heterocycles. The van der Waals surface area contributed by atoms with Crippen LogP contribution in [-0.4, -0.2) is 48.9 Å². The molecule has 1 aromatic rings. The molecule has 2 rings (SSSR count). The summed E-state index contributed by atoms with van der Waals surface area (Å²) in [6.07, 6.45) is 0.00419. The van der Waals surface area contributed by atoms with Crippen molar-refractivity contribution in [2.75, 3.05) is 13.7 Å². The number of hydrogen-bond donors (Lipinski definition) is 2. The van der Waals surface area contributed by atoms with Gasteiger partial charge in [-0.15, -0.1) is 0 Å². The van der Waals surface area contributed by atoms with Crippen molar-refractivity contribution in [3.8, 4) is 0 Å². The van der Waals surface area contributed by atoms with Crippen LogP contribution in [0.3, 0.4) is 0 Å². The largest absolute Gasteiger partial charge is 0.479 e. The molecule has 7 nitrogen and oxygen atoms in total. The summed E-state index contributed by atoms with van der Waals surface area (Å²) in [5.74, 6) is -0.996. The second-order valence-corrected chi connectivity index (χ2v) is 5.35. The summed E-state index contributed by atoms with van der Waals surface area (Å²) in [4.78, 5) is 23.2. The van der Waals surface area contributed by atoms with Gasteiger partial charge >= 0.3 is 5.97 Å². The number of esters is 1. The fraction of sp³-hybridized carbons (Fsp3) is 0.412. The highest BCUT2D eigenvalue weighted by molar-refractivity contribution is 5.86. The van der Waals surface area contributed by atoms with Crippen molar-refractivity contribution in [3.05, 3.63) is 47.7 Å². The Bertz CT molecular complexity index is 600. The highest BCUT2D eigenvalue weighted by Crippen LogP contribution is 2.22. The Morgan fingerprint density at radius 2 is 2.00 bits per heavy atom. The van der Waals surface area contributed by atoms with Gasteiger partial charge in [0.2, 0.25) is 11.7 Å². The molecule has 24 heavy (non-hydrogen) atoms. The lowest BCUT2D eigenvalue weighted by molar-refractivity contribution is -0.145. The summed E-state index contributed by atoms with van der Waals surface area (Å²) in [5.41, 5.74) is 0.944. The standard InChI is InChI=1S/C17H21NO6/c1-11(20)18-16-13(23-10-12-6-4-3-5-7-12)8-14(17(21)22-2)24-15(16)9-19/h3-8,13,15-16,19H,9-10H2,1-2H3,(H,18,20)/t13-,15-,16+/m0/s1. The zero-order chi connectivity index (χ0) is 17.5. The number of rotatable bonds is 6. The lowest BCUT2D eigenvalue weighted by atomic mass is 10.0. The van der Waals surface area contributed by atoms with Crippen molar-refractivity contribution in [1.82, 2.24) is 5.32 Å². The maximum absolute atomic E-state index is 11.7. The molecular weight excluding hydrogens is 314 g/mol. The molecule has 0 fully saturated rings. The van der Waals surface area contributed by atoms with Crippen LogP contribution in [0.25, 0.3) is 0 Å². The van der Waals surface area contributed by atoms with Gasteiger partial charge in [-0.05, 0) is 11.6 Å². The predicted octanol–water partition coefficient (Wildman–Crippen LogP) is 0.524. The SMILES string of the molecule is COC(=O)C1=C[C@H](OCc2ccccc2)[C@@H](NC(C)=O)[C@H](CO)O1. The molecule has 0 aliphatic carbocycles. The molecule has 2 N–H and O–H groups in total. The first kappa shape index (κ1) is 18.0. The number of hydrogen-bond acceptors (Lipinski definition) is 6. The molecule has 0 saturated heterocycles. The van der Waals surface area contributed by atoms with Gasteiger partial charge in [-0.2, -0.15) is 0 Å². The molecule has 1 aromatic carbocycles. The molecule has 1 heterocycles. The summed E-state index contributed by atoms with van der Waals surface area (Å²) in [7, 11) is 1.24. The van der Waals surface area contributed by atoms with E-state index in [0.29, 0.717) is 0 Å². The van der Waals surface area contributed by atoms with E-state index < -0.39 is 24.2 Å². The highest BCUT2D eigenvalue weighted by Gasteiger charge is 2.38. The van der Waals surface area contributed by atoms with E-state index in [2.05, 4.69) is 10.1 Å². The molecule has 130 valence electrons. The van der Waals surface area contributed by atoms with Crippen LogP contribution >= 0.6 is 0 Å². The molecular formula is C17H21NO6. The van der Waals surface area contributed by atoms with Crippen molar-refractivity contribution in [3.63, 3.8) is 0 Å². The Morgan fingerprint density at radius 3 is 2.58 bits per heavy atom. The van der Waals surface area contributed by atoms with E-state index in [4.69, 9.17) is 9.47 Å². The number of methoxy groups -OCH3 is 1. The van der Waals surface area contributed by atoms with Crippen LogP contribution in [0.2, 0.25) is 0 Å². The molecule has 7 heteroatoms. The number of benzene rings is 1. The first-order valence-corrected chi connectivity index (χ1v) is 7.55. The number of amides is 1. The molecule has 0 spiro atoms. The van der Waals surface area contributed by atoms with Gasteiger partial charge < -0.3 is 24.6 Å². The predicted molar refractivity (Wildman–Crippen MR) is 84.7 cm³/mol. The average molecular weight is 335 g/mol. The summed E-state index contributed by atoms with van der Waals surface area (Å²) in [6.45, 7) is 1.26. The summed E-state index contributed by atoms with van der Waals surface area (Å²) in [5, 5.41) is 12.2. The quantitative estimate of drug-likeness (QED) is 0.736. The number of carbonyl (C=O) groups is 2. The van der Waals surface area contributed by atoms with E-state index in [9.17, 15) is 14.7 Å². The van der Waals surface area contributed by atoms with Crippen LogP contribution in [0, 0.1) is 0 Å². The summed E-state index contributed by atoms with van der Waals surface area (Å²) in [6, 6.07) is 8.86. The lowest BCUT2D eigenvalue weighted by Crippen LogP contribution is -2.55. The van der Waals surface area contributed by atoms with E-state index in [1.807, 2.05) is 30.3 Å². The van der Waals surface area contributed by atoms with Gasteiger partial charge in [0.25, 0.3) is 0 Å². The Balaban J connectivity index is 2.20. The molecule has 1 amide bonds. The number of ether oxygens (including phenoxy) is 3. The maximum atomic E-state index is 11.7. The Morgan fingerprint density at radius 1 is 1.29 bits per heavy atom. The number of nitrogens with one attached hydrogen (secondary N) is 1. The minimum atomic E-state index is -0.811. The van der Waals surface area contributed by atoms with Gasteiger partial charge in [0.1, 0.15) is 12.2 Å². The smallest absolute Gasteiger partial charge is 0.373 e. The normalized spacial score (nSPS) is 23.0. The highest BCUT2D eigenvalue weighted by atomic mass is 16.6. The van der Waals surface area contributed by atoms with Crippen LogP contribution in [0.15, 0.2) is 42.2 Å². The van der Waals surface area contributed by atoms with E-state index >= 15 is 0 Å². The second-order valence-electron chi connectivity index (χ2n) is 5.35. The van der Waals surface area contributed by atoms with Crippen molar-refractivity contribution >= 4 is 11.9 Å². The van der Waals surface area contributed by atoms with Crippen molar-refractivity contribution in [2.45, 2.75) is 31.8 Å². The van der Waals surface area contributed by atoms with E-state index in [0.717, 1.165) is 5.56 Å². The molecule has 0 aromatic heterocycles. The fourth-order valence-electron chi connectivity index (χ4n) is 2.44. The molecule has 0 radical (unpaired) electrons. The van der Waals surface area contributed by atoms with Crippen LogP contribution in [-0.2, 0) is 30.4 Å². The average Bonchev–Trinajstić information content (AvgIpc) is 2.60. The lowest BCUT2D eigenvalue weighted by Gasteiger charge is -2.36. The first-order chi connectivity index (χ1) is 11.5. The molecule has 0 saturated carbocycles. The topological polar surface area (TPSA) is 94.1 Å². The van der Waals surface area contributed by atoms with Gasteiger partial charge in [-0.25, -0.2) is 4.79 Å². The molecule has 3 atom stereocenters. The Hall–Kier alpha value is -2.38. The fourth-order valence-corrected chi connectivity index (χ4v) is 2.44. The van der Waals surface area contributed by atoms with Gasteiger partial charge in [-0.1, -0.05) is 30.3 Å². The van der Waals surface area contributed by atoms with Crippen LogP contribution in [0.5, 0.6) is 0 Å². The molecule has 1 aliphatic rings. The van der Waals surface area contributed by atoms with Crippen molar-refractivity contribution < 1.29 is 28.9 Å².